The molecule has 0 saturated carbocycles. The van der Waals surface area contributed by atoms with Crippen molar-refractivity contribution in [3.8, 4) is 5.75 Å². The first kappa shape index (κ1) is 13.4. The van der Waals surface area contributed by atoms with Crippen molar-refractivity contribution in [2.24, 2.45) is 5.73 Å². The number of nitrogens with two attached hydrogens (primary N) is 1. The van der Waals surface area contributed by atoms with E-state index in [0.29, 0.717) is 26.1 Å². The molecule has 0 spiro atoms. The Hall–Kier alpha value is -2.07. The summed E-state index contributed by atoms with van der Waals surface area (Å²) in [5, 5.41) is 4.85. The molecule has 4 heteroatoms. The number of nitrogens with one attached hydrogen (secondary N) is 1. The van der Waals surface area contributed by atoms with Gasteiger partial charge in [-0.1, -0.05) is 24.3 Å². The summed E-state index contributed by atoms with van der Waals surface area (Å²) in [7, 11) is 0. The van der Waals surface area contributed by atoms with Crippen LogP contribution < -0.4 is 15.8 Å². The molecule has 100 valence electrons. The first-order chi connectivity index (χ1) is 9.35. The quantitative estimate of drug-likeness (QED) is 0.588. The molecule has 2 rings (SSSR count). The van der Waals surface area contributed by atoms with Gasteiger partial charge in [0.05, 0.1) is 6.61 Å². The van der Waals surface area contributed by atoms with Crippen molar-refractivity contribution >= 4 is 17.2 Å². The monoisotopic (exact) mass is 258 g/mol. The van der Waals surface area contributed by atoms with Gasteiger partial charge in [-0.15, -0.1) is 0 Å². The third kappa shape index (κ3) is 3.45. The summed E-state index contributed by atoms with van der Waals surface area (Å²) < 4.78 is 5.78. The van der Waals surface area contributed by atoms with Gasteiger partial charge in [0.15, 0.2) is 0 Å². The Morgan fingerprint density at radius 1 is 1.26 bits per heavy atom. The molecule has 4 nitrogen and oxygen atoms in total. The Morgan fingerprint density at radius 3 is 2.89 bits per heavy atom. The SMILES string of the molecule is NCCCOc1cc(CNC=O)cc2ccccc12. The van der Waals surface area contributed by atoms with E-state index in [1.54, 1.807) is 0 Å². The summed E-state index contributed by atoms with van der Waals surface area (Å²) in [6, 6.07) is 12.1. The van der Waals surface area contributed by atoms with Gasteiger partial charge in [-0.05, 0) is 36.0 Å². The number of carbonyl (C=O) groups is 1. The molecular weight excluding hydrogens is 240 g/mol. The molecule has 3 N–H and O–H groups in total. The lowest BCUT2D eigenvalue weighted by molar-refractivity contribution is -0.109. The molecule has 0 fully saturated rings. The predicted molar refractivity (Wildman–Crippen MR) is 76.0 cm³/mol. The number of carbonyl (C=O) groups excluding carboxylic acids is 1. The van der Waals surface area contributed by atoms with Crippen LogP contribution in [-0.4, -0.2) is 19.6 Å². The van der Waals surface area contributed by atoms with Gasteiger partial charge >= 0.3 is 0 Å². The van der Waals surface area contributed by atoms with Gasteiger partial charge in [-0.3, -0.25) is 4.79 Å². The number of hydrogen-bond acceptors (Lipinski definition) is 3. The molecule has 2 aromatic carbocycles. The van der Waals surface area contributed by atoms with E-state index in [1.807, 2.05) is 30.3 Å². The summed E-state index contributed by atoms with van der Waals surface area (Å²) in [6.45, 7) is 1.72. The van der Waals surface area contributed by atoms with E-state index in [9.17, 15) is 4.79 Å². The highest BCUT2D eigenvalue weighted by atomic mass is 16.5. The lowest BCUT2D eigenvalue weighted by Gasteiger charge is -2.11. The standard InChI is InChI=1S/C15H18N2O2/c16-6-3-7-19-15-9-12(10-17-11-18)8-13-4-1-2-5-14(13)15/h1-2,4-5,8-9,11H,3,6-7,10,16H2,(H,17,18). The van der Waals surface area contributed by atoms with E-state index in [0.717, 1.165) is 28.5 Å². The minimum atomic E-state index is 0.502. The van der Waals surface area contributed by atoms with Gasteiger partial charge < -0.3 is 15.8 Å². The van der Waals surface area contributed by atoms with Gasteiger partial charge in [-0.2, -0.15) is 0 Å². The van der Waals surface area contributed by atoms with E-state index < -0.39 is 0 Å². The van der Waals surface area contributed by atoms with Crippen LogP contribution in [0.15, 0.2) is 36.4 Å². The normalized spacial score (nSPS) is 10.4. The molecule has 19 heavy (non-hydrogen) atoms. The van der Waals surface area contributed by atoms with Crippen molar-refractivity contribution in [3.05, 3.63) is 42.0 Å². The highest BCUT2D eigenvalue weighted by Crippen LogP contribution is 2.27. The summed E-state index contributed by atoms with van der Waals surface area (Å²) in [5.41, 5.74) is 6.49. The van der Waals surface area contributed by atoms with Gasteiger partial charge in [-0.25, -0.2) is 0 Å². The van der Waals surface area contributed by atoms with E-state index in [2.05, 4.69) is 11.4 Å². The van der Waals surface area contributed by atoms with Crippen molar-refractivity contribution in [2.75, 3.05) is 13.2 Å². The number of hydrogen-bond donors (Lipinski definition) is 2. The molecule has 1 amide bonds. The minimum Gasteiger partial charge on any atom is -0.493 e. The molecule has 0 unspecified atom stereocenters. The van der Waals surface area contributed by atoms with Crippen LogP contribution in [0.2, 0.25) is 0 Å². The zero-order valence-electron chi connectivity index (χ0n) is 10.8. The zero-order chi connectivity index (χ0) is 13.5. The summed E-state index contributed by atoms with van der Waals surface area (Å²) in [6.07, 6.45) is 1.52. The van der Waals surface area contributed by atoms with Crippen LogP contribution in [-0.2, 0) is 11.3 Å². The topological polar surface area (TPSA) is 64.3 Å². The maximum Gasteiger partial charge on any atom is 0.207 e. The number of amides is 1. The van der Waals surface area contributed by atoms with Crippen LogP contribution in [0.5, 0.6) is 5.75 Å². The molecule has 0 aliphatic heterocycles. The first-order valence-electron chi connectivity index (χ1n) is 6.36. The lowest BCUT2D eigenvalue weighted by Crippen LogP contribution is -2.10. The Morgan fingerprint density at radius 2 is 2.11 bits per heavy atom. The number of ether oxygens (including phenoxy) is 1. The largest absolute Gasteiger partial charge is 0.493 e. The molecule has 0 atom stereocenters. The third-order valence-corrected chi connectivity index (χ3v) is 2.88. The molecule has 0 bridgehead atoms. The summed E-state index contributed by atoms with van der Waals surface area (Å²) in [4.78, 5) is 10.4. The second-order valence-corrected chi connectivity index (χ2v) is 4.30. The molecule has 2 aromatic rings. The first-order valence-corrected chi connectivity index (χ1v) is 6.36. The van der Waals surface area contributed by atoms with Crippen molar-refractivity contribution in [3.63, 3.8) is 0 Å². The van der Waals surface area contributed by atoms with E-state index in [-0.39, 0.29) is 0 Å². The molecule has 0 radical (unpaired) electrons. The Kier molecular flexibility index (Phi) is 4.75. The minimum absolute atomic E-state index is 0.502. The number of rotatable bonds is 7. The van der Waals surface area contributed by atoms with Crippen molar-refractivity contribution in [1.29, 1.82) is 0 Å². The predicted octanol–water partition coefficient (Wildman–Crippen LogP) is 1.81. The molecular formula is C15H18N2O2. The van der Waals surface area contributed by atoms with Gasteiger partial charge in [0.25, 0.3) is 0 Å². The van der Waals surface area contributed by atoms with E-state index in [1.165, 1.54) is 0 Å². The molecule has 0 aliphatic rings. The second kappa shape index (κ2) is 6.75. The van der Waals surface area contributed by atoms with Gasteiger partial charge in [0, 0.05) is 11.9 Å². The van der Waals surface area contributed by atoms with Crippen molar-refractivity contribution in [1.82, 2.24) is 5.32 Å². The fourth-order valence-electron chi connectivity index (χ4n) is 1.98. The maximum absolute atomic E-state index is 10.4. The maximum atomic E-state index is 10.4. The highest BCUT2D eigenvalue weighted by Gasteiger charge is 2.05. The Bertz CT molecular complexity index is 555. The zero-order valence-corrected chi connectivity index (χ0v) is 10.8. The van der Waals surface area contributed by atoms with E-state index in [4.69, 9.17) is 10.5 Å². The van der Waals surface area contributed by atoms with Crippen molar-refractivity contribution in [2.45, 2.75) is 13.0 Å². The van der Waals surface area contributed by atoms with Crippen LogP contribution in [0.25, 0.3) is 10.8 Å². The average molecular weight is 258 g/mol. The summed E-state index contributed by atoms with van der Waals surface area (Å²) >= 11 is 0. The lowest BCUT2D eigenvalue weighted by atomic mass is 10.1. The van der Waals surface area contributed by atoms with Gasteiger partial charge in [0.1, 0.15) is 5.75 Å². The molecule has 0 aliphatic carbocycles. The smallest absolute Gasteiger partial charge is 0.207 e. The molecule has 0 aromatic heterocycles. The average Bonchev–Trinajstić information content (AvgIpc) is 2.45. The van der Waals surface area contributed by atoms with Crippen LogP contribution in [0.1, 0.15) is 12.0 Å². The Labute approximate surface area is 112 Å². The van der Waals surface area contributed by atoms with Crippen molar-refractivity contribution < 1.29 is 9.53 Å². The fraction of sp³-hybridized carbons (Fsp3) is 0.267. The van der Waals surface area contributed by atoms with E-state index >= 15 is 0 Å². The molecule has 0 saturated heterocycles. The van der Waals surface area contributed by atoms with Crippen LogP contribution in [0, 0.1) is 0 Å². The van der Waals surface area contributed by atoms with Gasteiger partial charge in [0.2, 0.25) is 6.41 Å². The van der Waals surface area contributed by atoms with Crippen LogP contribution >= 0.6 is 0 Å². The van der Waals surface area contributed by atoms with Crippen LogP contribution in [0.4, 0.5) is 0 Å². The second-order valence-electron chi connectivity index (χ2n) is 4.30. The highest BCUT2D eigenvalue weighted by molar-refractivity contribution is 5.89. The van der Waals surface area contributed by atoms with Crippen LogP contribution in [0.3, 0.4) is 0 Å². The number of fused-ring (bicyclic) bond motifs is 1. The fourth-order valence-corrected chi connectivity index (χ4v) is 1.98. The third-order valence-electron chi connectivity index (χ3n) is 2.88. The number of benzene rings is 2. The summed E-state index contributed by atoms with van der Waals surface area (Å²) in [5.74, 6) is 0.842. The molecule has 0 heterocycles. The Balaban J connectivity index is 2.31.